The predicted molar refractivity (Wildman–Crippen MR) is 54.2 cm³/mol. The van der Waals surface area contributed by atoms with E-state index in [0.29, 0.717) is 12.6 Å². The van der Waals surface area contributed by atoms with Crippen molar-refractivity contribution in [2.45, 2.75) is 18.4 Å². The molecule has 1 spiro atoms. The lowest BCUT2D eigenvalue weighted by Crippen LogP contribution is -2.35. The average Bonchev–Trinajstić information content (AvgIpc) is 2.69. The first-order chi connectivity index (χ1) is 6.77. The third-order valence-corrected chi connectivity index (χ3v) is 2.99. The van der Waals surface area contributed by atoms with Gasteiger partial charge in [-0.3, -0.25) is 0 Å². The fourth-order valence-corrected chi connectivity index (χ4v) is 2.35. The SMILES string of the molecule is NC1=NCC2(Cc3ccccc3C2)O1. The van der Waals surface area contributed by atoms with Crippen molar-refractivity contribution in [1.82, 2.24) is 0 Å². The summed E-state index contributed by atoms with van der Waals surface area (Å²) in [4.78, 5) is 4.13. The Hall–Kier alpha value is -1.51. The molecule has 0 unspecified atom stereocenters. The van der Waals surface area contributed by atoms with Crippen LogP contribution in [0.15, 0.2) is 29.3 Å². The van der Waals surface area contributed by atoms with Gasteiger partial charge < -0.3 is 10.5 Å². The van der Waals surface area contributed by atoms with Gasteiger partial charge in [0, 0.05) is 12.8 Å². The molecule has 0 saturated heterocycles. The van der Waals surface area contributed by atoms with Gasteiger partial charge in [-0.25, -0.2) is 4.99 Å². The molecule has 3 nitrogen and oxygen atoms in total. The fraction of sp³-hybridized carbons (Fsp3) is 0.364. The van der Waals surface area contributed by atoms with Crippen LogP contribution in [-0.2, 0) is 17.6 Å². The van der Waals surface area contributed by atoms with Crippen molar-refractivity contribution in [1.29, 1.82) is 0 Å². The van der Waals surface area contributed by atoms with Gasteiger partial charge in [0.25, 0.3) is 6.02 Å². The number of hydrogen-bond acceptors (Lipinski definition) is 3. The van der Waals surface area contributed by atoms with Gasteiger partial charge in [-0.2, -0.15) is 0 Å². The number of aliphatic imine (C=N–C) groups is 1. The van der Waals surface area contributed by atoms with E-state index in [1.54, 1.807) is 0 Å². The summed E-state index contributed by atoms with van der Waals surface area (Å²) in [6.45, 7) is 0.702. The highest BCUT2D eigenvalue weighted by Gasteiger charge is 2.42. The van der Waals surface area contributed by atoms with Gasteiger partial charge in [-0.05, 0) is 11.1 Å². The van der Waals surface area contributed by atoms with E-state index in [-0.39, 0.29) is 5.60 Å². The van der Waals surface area contributed by atoms with Gasteiger partial charge in [-0.1, -0.05) is 24.3 Å². The Balaban J connectivity index is 1.92. The van der Waals surface area contributed by atoms with E-state index in [1.165, 1.54) is 11.1 Å². The average molecular weight is 188 g/mol. The summed E-state index contributed by atoms with van der Waals surface area (Å²) in [6, 6.07) is 8.79. The van der Waals surface area contributed by atoms with E-state index in [9.17, 15) is 0 Å². The minimum absolute atomic E-state index is 0.159. The van der Waals surface area contributed by atoms with Gasteiger partial charge in [0.15, 0.2) is 0 Å². The van der Waals surface area contributed by atoms with Gasteiger partial charge in [0.05, 0.1) is 6.54 Å². The third-order valence-electron chi connectivity index (χ3n) is 2.99. The molecular weight excluding hydrogens is 176 g/mol. The van der Waals surface area contributed by atoms with E-state index in [0.717, 1.165) is 12.8 Å². The Morgan fingerprint density at radius 1 is 1.21 bits per heavy atom. The first kappa shape index (κ1) is 7.85. The molecule has 0 saturated carbocycles. The first-order valence-corrected chi connectivity index (χ1v) is 4.83. The highest BCUT2D eigenvalue weighted by molar-refractivity contribution is 5.74. The highest BCUT2D eigenvalue weighted by Crippen LogP contribution is 2.35. The largest absolute Gasteiger partial charge is 0.456 e. The normalized spacial score (nSPS) is 21.9. The summed E-state index contributed by atoms with van der Waals surface area (Å²) in [5.41, 5.74) is 8.14. The van der Waals surface area contributed by atoms with E-state index in [2.05, 4.69) is 29.3 Å². The Labute approximate surface area is 82.6 Å². The molecule has 2 aliphatic rings. The maximum absolute atomic E-state index is 5.62. The first-order valence-electron chi connectivity index (χ1n) is 4.83. The van der Waals surface area contributed by atoms with Crippen molar-refractivity contribution < 1.29 is 4.74 Å². The zero-order valence-electron chi connectivity index (χ0n) is 7.86. The second-order valence-corrected chi connectivity index (χ2v) is 4.06. The lowest BCUT2D eigenvalue weighted by Gasteiger charge is -2.21. The molecule has 3 rings (SSSR count). The van der Waals surface area contributed by atoms with Gasteiger partial charge in [0.2, 0.25) is 0 Å². The van der Waals surface area contributed by atoms with Crippen LogP contribution in [0.3, 0.4) is 0 Å². The summed E-state index contributed by atoms with van der Waals surface area (Å²) in [6.07, 6.45) is 1.88. The van der Waals surface area contributed by atoms with E-state index >= 15 is 0 Å². The highest BCUT2D eigenvalue weighted by atomic mass is 16.5. The molecule has 0 fully saturated rings. The zero-order chi connectivity index (χ0) is 9.60. The third kappa shape index (κ3) is 1.02. The van der Waals surface area contributed by atoms with Crippen molar-refractivity contribution >= 4 is 6.02 Å². The molecule has 0 amide bonds. The summed E-state index contributed by atoms with van der Waals surface area (Å²) in [5.74, 6) is 0. The van der Waals surface area contributed by atoms with Crippen LogP contribution in [0, 0.1) is 0 Å². The molecule has 0 atom stereocenters. The zero-order valence-corrected chi connectivity index (χ0v) is 7.86. The van der Waals surface area contributed by atoms with Crippen LogP contribution in [0.2, 0.25) is 0 Å². The number of fused-ring (bicyclic) bond motifs is 1. The van der Waals surface area contributed by atoms with Crippen molar-refractivity contribution in [3.8, 4) is 0 Å². The van der Waals surface area contributed by atoms with Crippen molar-refractivity contribution in [3.05, 3.63) is 35.4 Å². The van der Waals surface area contributed by atoms with Crippen LogP contribution in [0.5, 0.6) is 0 Å². The van der Waals surface area contributed by atoms with Gasteiger partial charge in [0.1, 0.15) is 5.60 Å². The van der Waals surface area contributed by atoms with Crippen LogP contribution in [0.25, 0.3) is 0 Å². The summed E-state index contributed by atoms with van der Waals surface area (Å²) >= 11 is 0. The summed E-state index contributed by atoms with van der Waals surface area (Å²) in [5, 5.41) is 0. The van der Waals surface area contributed by atoms with Crippen LogP contribution in [0.4, 0.5) is 0 Å². The van der Waals surface area contributed by atoms with Crippen molar-refractivity contribution in [3.63, 3.8) is 0 Å². The molecular formula is C11H12N2O. The second-order valence-electron chi connectivity index (χ2n) is 4.06. The van der Waals surface area contributed by atoms with E-state index < -0.39 is 0 Å². The van der Waals surface area contributed by atoms with Gasteiger partial charge in [-0.15, -0.1) is 0 Å². The number of nitrogens with two attached hydrogens (primary N) is 1. The van der Waals surface area contributed by atoms with Crippen molar-refractivity contribution in [2.24, 2.45) is 10.7 Å². The number of ether oxygens (including phenoxy) is 1. The minimum Gasteiger partial charge on any atom is -0.456 e. The molecule has 1 aliphatic carbocycles. The molecule has 3 heteroatoms. The number of hydrogen-bond donors (Lipinski definition) is 1. The molecule has 1 aromatic rings. The molecule has 0 bridgehead atoms. The fourth-order valence-electron chi connectivity index (χ4n) is 2.35. The smallest absolute Gasteiger partial charge is 0.282 e. The Kier molecular flexibility index (Phi) is 1.40. The van der Waals surface area contributed by atoms with E-state index in [1.807, 2.05) is 0 Å². The summed E-state index contributed by atoms with van der Waals surface area (Å²) < 4.78 is 5.62. The molecule has 1 aliphatic heterocycles. The summed E-state index contributed by atoms with van der Waals surface area (Å²) in [7, 11) is 0. The van der Waals surface area contributed by atoms with Crippen molar-refractivity contribution in [2.75, 3.05) is 6.54 Å². The molecule has 1 aromatic carbocycles. The van der Waals surface area contributed by atoms with Crippen LogP contribution < -0.4 is 5.73 Å². The van der Waals surface area contributed by atoms with Crippen LogP contribution in [-0.4, -0.2) is 18.2 Å². The number of benzene rings is 1. The molecule has 1 heterocycles. The second kappa shape index (κ2) is 2.50. The van der Waals surface area contributed by atoms with Crippen LogP contribution >= 0.6 is 0 Å². The Morgan fingerprint density at radius 2 is 1.86 bits per heavy atom. The van der Waals surface area contributed by atoms with E-state index in [4.69, 9.17) is 10.5 Å². The molecule has 14 heavy (non-hydrogen) atoms. The standard InChI is InChI=1S/C11H12N2O/c12-10-13-7-11(14-10)5-8-3-1-2-4-9(8)6-11/h1-4H,5-7H2,(H2,12,13). The van der Waals surface area contributed by atoms with Gasteiger partial charge >= 0.3 is 0 Å². The molecule has 0 radical (unpaired) electrons. The minimum atomic E-state index is -0.159. The quantitative estimate of drug-likeness (QED) is 0.656. The number of rotatable bonds is 0. The maximum atomic E-state index is 5.62. The topological polar surface area (TPSA) is 47.6 Å². The number of amidine groups is 1. The Morgan fingerprint density at radius 3 is 2.36 bits per heavy atom. The predicted octanol–water partition coefficient (Wildman–Crippen LogP) is 0.869. The number of nitrogens with zero attached hydrogens (tertiary/aromatic N) is 1. The lowest BCUT2D eigenvalue weighted by molar-refractivity contribution is 0.0976. The molecule has 0 aromatic heterocycles. The molecule has 2 N–H and O–H groups in total. The van der Waals surface area contributed by atoms with Crippen LogP contribution in [0.1, 0.15) is 11.1 Å². The lowest BCUT2D eigenvalue weighted by atomic mass is 10.0. The molecule has 72 valence electrons. The monoisotopic (exact) mass is 188 g/mol. The maximum Gasteiger partial charge on any atom is 0.282 e. The Bertz CT molecular complexity index is 387.